The predicted octanol–water partition coefficient (Wildman–Crippen LogP) is 0.886. The number of likely N-dealkylation sites (tertiary alicyclic amines) is 1. The van der Waals surface area contributed by atoms with Gasteiger partial charge < -0.3 is 10.1 Å². The summed E-state index contributed by atoms with van der Waals surface area (Å²) in [4.78, 5) is 37.7. The number of hydrogen-bond acceptors (Lipinski definition) is 4. The van der Waals surface area contributed by atoms with Gasteiger partial charge in [0.25, 0.3) is 0 Å². The van der Waals surface area contributed by atoms with Crippen LogP contribution in [-0.4, -0.2) is 36.1 Å². The molecular weight excluding hydrogens is 260 g/mol. The molecule has 1 heterocycles. The number of alkyl carbamates (subject to hydrolysis) is 1. The van der Waals surface area contributed by atoms with Gasteiger partial charge in [-0.2, -0.15) is 0 Å². The topological polar surface area (TPSA) is 75.7 Å². The summed E-state index contributed by atoms with van der Waals surface area (Å²) in [5.41, 5.74) is 0. The van der Waals surface area contributed by atoms with E-state index in [9.17, 15) is 14.4 Å². The van der Waals surface area contributed by atoms with Crippen molar-refractivity contribution >= 4 is 17.9 Å². The summed E-state index contributed by atoms with van der Waals surface area (Å²) in [6, 6.07) is 0. The van der Waals surface area contributed by atoms with E-state index < -0.39 is 12.3 Å². The van der Waals surface area contributed by atoms with E-state index in [1.165, 1.54) is 12.0 Å². The standard InChI is InChI=1S/C14H18N2O4/c1-3-9(15-14(19)20-2)16-12(17)10-7-4-5-8(6-7)11(10)13(16)18/h4-5,7-11H,3,6H2,1-2H3,(H,15,19)/t7-,8-,9+,10+,11+/m0/s1. The molecule has 0 unspecified atom stereocenters. The summed E-state index contributed by atoms with van der Waals surface area (Å²) >= 11 is 0. The fourth-order valence-corrected chi connectivity index (χ4v) is 3.78. The lowest BCUT2D eigenvalue weighted by Gasteiger charge is -2.27. The minimum Gasteiger partial charge on any atom is -0.453 e. The van der Waals surface area contributed by atoms with Crippen LogP contribution in [0, 0.1) is 23.7 Å². The Morgan fingerprint density at radius 1 is 1.35 bits per heavy atom. The molecule has 1 aliphatic heterocycles. The maximum absolute atomic E-state index is 12.5. The van der Waals surface area contributed by atoms with Gasteiger partial charge in [0.05, 0.1) is 18.9 Å². The smallest absolute Gasteiger partial charge is 0.408 e. The first kappa shape index (κ1) is 13.1. The van der Waals surface area contributed by atoms with Gasteiger partial charge in [0.2, 0.25) is 11.8 Å². The normalized spacial score (nSPS) is 35.4. The second-order valence-electron chi connectivity index (χ2n) is 5.61. The minimum absolute atomic E-state index is 0.153. The van der Waals surface area contributed by atoms with E-state index in [1.807, 2.05) is 6.92 Å². The second-order valence-corrected chi connectivity index (χ2v) is 5.61. The van der Waals surface area contributed by atoms with E-state index in [4.69, 9.17) is 0 Å². The molecule has 1 saturated carbocycles. The zero-order valence-corrected chi connectivity index (χ0v) is 11.5. The highest BCUT2D eigenvalue weighted by atomic mass is 16.5. The molecule has 108 valence electrons. The van der Waals surface area contributed by atoms with Gasteiger partial charge in [-0.05, 0) is 24.7 Å². The monoisotopic (exact) mass is 278 g/mol. The number of carbonyl (C=O) groups excluding carboxylic acids is 3. The van der Waals surface area contributed by atoms with Gasteiger partial charge in [0, 0.05) is 0 Å². The van der Waals surface area contributed by atoms with Crippen LogP contribution in [0.1, 0.15) is 19.8 Å². The Morgan fingerprint density at radius 3 is 2.35 bits per heavy atom. The highest BCUT2D eigenvalue weighted by molar-refractivity contribution is 6.06. The van der Waals surface area contributed by atoms with Crippen LogP contribution in [0.3, 0.4) is 0 Å². The second kappa shape index (κ2) is 4.61. The number of hydrogen-bond donors (Lipinski definition) is 1. The number of fused-ring (bicyclic) bond motifs is 5. The summed E-state index contributed by atoms with van der Waals surface area (Å²) in [5.74, 6) is -0.402. The highest BCUT2D eigenvalue weighted by Gasteiger charge is 2.60. The first-order valence-corrected chi connectivity index (χ1v) is 6.98. The molecule has 3 aliphatic rings. The highest BCUT2D eigenvalue weighted by Crippen LogP contribution is 2.52. The number of ether oxygens (including phenoxy) is 1. The van der Waals surface area contributed by atoms with Crippen molar-refractivity contribution in [3.63, 3.8) is 0 Å². The Bertz CT molecular complexity index is 471. The molecule has 5 atom stereocenters. The number of nitrogens with one attached hydrogen (secondary N) is 1. The minimum atomic E-state index is -0.629. The third kappa shape index (κ3) is 1.67. The number of imide groups is 1. The average molecular weight is 278 g/mol. The van der Waals surface area contributed by atoms with Crippen molar-refractivity contribution in [3.05, 3.63) is 12.2 Å². The molecule has 0 aromatic heterocycles. The third-order valence-corrected chi connectivity index (χ3v) is 4.67. The van der Waals surface area contributed by atoms with Crippen molar-refractivity contribution in [2.75, 3.05) is 7.11 Å². The summed E-state index contributed by atoms with van der Waals surface area (Å²) in [5, 5.41) is 2.56. The Labute approximate surface area is 117 Å². The number of carbonyl (C=O) groups is 3. The maximum Gasteiger partial charge on any atom is 0.408 e. The SMILES string of the molecule is CC[C@H](NC(=O)OC)N1C(=O)[C@H]2[C@H](C1=O)[C@H]1C=C[C@H]2C1. The third-order valence-electron chi connectivity index (χ3n) is 4.67. The first-order chi connectivity index (χ1) is 9.58. The fourth-order valence-electron chi connectivity index (χ4n) is 3.78. The largest absolute Gasteiger partial charge is 0.453 e. The van der Waals surface area contributed by atoms with Crippen molar-refractivity contribution < 1.29 is 19.1 Å². The molecular formula is C14H18N2O4. The Morgan fingerprint density at radius 2 is 1.90 bits per heavy atom. The van der Waals surface area contributed by atoms with Gasteiger partial charge in [-0.1, -0.05) is 19.1 Å². The molecule has 3 rings (SSSR count). The molecule has 1 N–H and O–H groups in total. The van der Waals surface area contributed by atoms with E-state index in [2.05, 4.69) is 22.2 Å². The molecule has 2 bridgehead atoms. The van der Waals surface area contributed by atoms with Crippen LogP contribution < -0.4 is 5.32 Å². The molecule has 3 amide bonds. The zero-order valence-electron chi connectivity index (χ0n) is 11.5. The molecule has 2 aliphatic carbocycles. The number of nitrogens with zero attached hydrogens (tertiary/aromatic N) is 1. The van der Waals surface area contributed by atoms with Crippen LogP contribution in [-0.2, 0) is 14.3 Å². The number of methoxy groups -OCH3 is 1. The lowest BCUT2D eigenvalue weighted by molar-refractivity contribution is -0.144. The molecule has 0 aromatic carbocycles. The van der Waals surface area contributed by atoms with E-state index in [1.54, 1.807) is 0 Å². The zero-order chi connectivity index (χ0) is 14.4. The van der Waals surface area contributed by atoms with Gasteiger partial charge in [0.1, 0.15) is 6.17 Å². The molecule has 20 heavy (non-hydrogen) atoms. The van der Waals surface area contributed by atoms with Gasteiger partial charge in [0.15, 0.2) is 0 Å². The summed E-state index contributed by atoms with van der Waals surface area (Å²) in [7, 11) is 1.26. The number of allylic oxidation sites excluding steroid dienone is 2. The summed E-state index contributed by atoms with van der Waals surface area (Å²) in [6.45, 7) is 1.82. The lowest BCUT2D eigenvalue weighted by Crippen LogP contribution is -2.51. The van der Waals surface area contributed by atoms with E-state index in [0.29, 0.717) is 6.42 Å². The van der Waals surface area contributed by atoms with Crippen LogP contribution >= 0.6 is 0 Å². The van der Waals surface area contributed by atoms with Crippen LogP contribution in [0.15, 0.2) is 12.2 Å². The Balaban J connectivity index is 1.83. The Kier molecular flexibility index (Phi) is 3.03. The maximum atomic E-state index is 12.5. The van der Waals surface area contributed by atoms with Gasteiger partial charge >= 0.3 is 6.09 Å². The van der Waals surface area contributed by atoms with Crippen molar-refractivity contribution in [2.45, 2.75) is 25.9 Å². The fraction of sp³-hybridized carbons (Fsp3) is 0.643. The molecule has 0 spiro atoms. The van der Waals surface area contributed by atoms with Crippen LogP contribution in [0.25, 0.3) is 0 Å². The lowest BCUT2D eigenvalue weighted by atomic mass is 9.85. The number of rotatable bonds is 3. The Hall–Kier alpha value is -1.85. The van der Waals surface area contributed by atoms with E-state index in [-0.39, 0.29) is 35.5 Å². The molecule has 0 radical (unpaired) electrons. The van der Waals surface area contributed by atoms with Gasteiger partial charge in [-0.15, -0.1) is 0 Å². The first-order valence-electron chi connectivity index (χ1n) is 6.98. The van der Waals surface area contributed by atoms with E-state index in [0.717, 1.165) is 6.42 Å². The van der Waals surface area contributed by atoms with Gasteiger partial charge in [-0.3, -0.25) is 14.5 Å². The quantitative estimate of drug-likeness (QED) is 0.614. The number of amides is 3. The summed E-state index contributed by atoms with van der Waals surface area (Å²) in [6.07, 6.45) is 4.23. The molecule has 2 fully saturated rings. The van der Waals surface area contributed by atoms with Crippen LogP contribution in [0.5, 0.6) is 0 Å². The molecule has 1 saturated heterocycles. The van der Waals surface area contributed by atoms with Crippen molar-refractivity contribution in [1.29, 1.82) is 0 Å². The van der Waals surface area contributed by atoms with Crippen molar-refractivity contribution in [1.82, 2.24) is 10.2 Å². The molecule has 6 heteroatoms. The van der Waals surface area contributed by atoms with Gasteiger partial charge in [-0.25, -0.2) is 4.79 Å². The predicted molar refractivity (Wildman–Crippen MR) is 69.2 cm³/mol. The molecule has 6 nitrogen and oxygen atoms in total. The molecule has 0 aromatic rings. The summed E-state index contributed by atoms with van der Waals surface area (Å²) < 4.78 is 4.55. The average Bonchev–Trinajstić information content (AvgIpc) is 3.11. The van der Waals surface area contributed by atoms with Crippen molar-refractivity contribution in [2.24, 2.45) is 23.7 Å². The van der Waals surface area contributed by atoms with E-state index >= 15 is 0 Å². The van der Waals surface area contributed by atoms with Crippen molar-refractivity contribution in [3.8, 4) is 0 Å². The van der Waals surface area contributed by atoms with Crippen LogP contribution in [0.4, 0.5) is 4.79 Å². The van der Waals surface area contributed by atoms with Crippen LogP contribution in [0.2, 0.25) is 0 Å².